The van der Waals surface area contributed by atoms with Gasteiger partial charge in [0.15, 0.2) is 5.69 Å². The van der Waals surface area contributed by atoms with E-state index in [0.717, 1.165) is 13.0 Å². The van der Waals surface area contributed by atoms with Gasteiger partial charge in [-0.15, -0.1) is 0 Å². The number of halogens is 1. The molecule has 2 rings (SSSR count). The van der Waals surface area contributed by atoms with E-state index in [2.05, 4.69) is 21.9 Å². The summed E-state index contributed by atoms with van der Waals surface area (Å²) in [5.41, 5.74) is 0.304. The second-order valence-electron chi connectivity index (χ2n) is 6.04. The average molecular weight is 311 g/mol. The number of carbonyl (C=O) groups excluding carboxylic acids is 1. The fraction of sp³-hybridized carbons (Fsp3) is 0.667. The SMILES string of the molecule is CC(C)c1ncc(Cl)c(C(=O)N(C)CC2CCCN2C)n1. The Labute approximate surface area is 131 Å². The summed E-state index contributed by atoms with van der Waals surface area (Å²) in [5.74, 6) is 0.679. The maximum absolute atomic E-state index is 12.6. The first-order chi connectivity index (χ1) is 9.90. The molecule has 0 spiro atoms. The summed E-state index contributed by atoms with van der Waals surface area (Å²) in [5, 5.41) is 0.316. The third-order valence-electron chi connectivity index (χ3n) is 3.98. The molecule has 1 saturated heterocycles. The third kappa shape index (κ3) is 3.71. The summed E-state index contributed by atoms with van der Waals surface area (Å²) in [7, 11) is 3.91. The van der Waals surface area contributed by atoms with Crippen molar-refractivity contribution in [3.05, 3.63) is 22.7 Å². The topological polar surface area (TPSA) is 49.3 Å². The molecule has 1 atom stereocenters. The van der Waals surface area contributed by atoms with Crippen molar-refractivity contribution in [2.75, 3.05) is 27.2 Å². The van der Waals surface area contributed by atoms with Crippen molar-refractivity contribution in [2.24, 2.45) is 0 Å². The molecule has 1 aliphatic heterocycles. The van der Waals surface area contributed by atoms with Gasteiger partial charge in [0.25, 0.3) is 5.91 Å². The molecule has 6 heteroatoms. The van der Waals surface area contributed by atoms with Gasteiger partial charge >= 0.3 is 0 Å². The zero-order chi connectivity index (χ0) is 15.6. The van der Waals surface area contributed by atoms with E-state index in [1.807, 2.05) is 20.9 Å². The van der Waals surface area contributed by atoms with Crippen molar-refractivity contribution in [1.29, 1.82) is 0 Å². The number of hydrogen-bond donors (Lipinski definition) is 0. The molecular weight excluding hydrogens is 288 g/mol. The largest absolute Gasteiger partial charge is 0.339 e. The Morgan fingerprint density at radius 2 is 2.29 bits per heavy atom. The van der Waals surface area contributed by atoms with E-state index < -0.39 is 0 Å². The van der Waals surface area contributed by atoms with Gasteiger partial charge in [-0.05, 0) is 26.4 Å². The van der Waals surface area contributed by atoms with Gasteiger partial charge in [0.1, 0.15) is 5.82 Å². The number of amides is 1. The standard InChI is InChI=1S/C15H23ClN4O/c1-10(2)14-17-8-12(16)13(18-14)15(21)20(4)9-11-6-5-7-19(11)3/h8,10-11H,5-7,9H2,1-4H3. The average Bonchev–Trinajstić information content (AvgIpc) is 2.83. The van der Waals surface area contributed by atoms with Gasteiger partial charge in [-0.2, -0.15) is 0 Å². The molecule has 1 fully saturated rings. The zero-order valence-corrected chi connectivity index (χ0v) is 13.9. The molecule has 1 unspecified atom stereocenters. The summed E-state index contributed by atoms with van der Waals surface area (Å²) in [6, 6.07) is 0.420. The highest BCUT2D eigenvalue weighted by Gasteiger charge is 2.26. The molecule has 0 radical (unpaired) electrons. The summed E-state index contributed by atoms with van der Waals surface area (Å²) >= 11 is 6.10. The van der Waals surface area contributed by atoms with E-state index in [4.69, 9.17) is 11.6 Å². The Morgan fingerprint density at radius 3 is 2.86 bits per heavy atom. The fourth-order valence-electron chi connectivity index (χ4n) is 2.60. The number of aromatic nitrogens is 2. The predicted octanol–water partition coefficient (Wildman–Crippen LogP) is 2.42. The highest BCUT2D eigenvalue weighted by molar-refractivity contribution is 6.33. The first-order valence-electron chi connectivity index (χ1n) is 7.38. The summed E-state index contributed by atoms with van der Waals surface area (Å²) in [6.07, 6.45) is 3.84. The van der Waals surface area contributed by atoms with Gasteiger partial charge in [-0.25, -0.2) is 9.97 Å². The Bertz CT molecular complexity index is 520. The number of nitrogens with zero attached hydrogens (tertiary/aromatic N) is 4. The van der Waals surface area contributed by atoms with Crippen LogP contribution in [0.3, 0.4) is 0 Å². The van der Waals surface area contributed by atoms with Crippen molar-refractivity contribution >= 4 is 17.5 Å². The Balaban J connectivity index is 2.13. The van der Waals surface area contributed by atoms with Crippen LogP contribution in [0.25, 0.3) is 0 Å². The van der Waals surface area contributed by atoms with E-state index >= 15 is 0 Å². The number of likely N-dealkylation sites (tertiary alicyclic amines) is 1. The second-order valence-corrected chi connectivity index (χ2v) is 6.45. The molecule has 0 aromatic carbocycles. The van der Waals surface area contributed by atoms with E-state index in [-0.39, 0.29) is 11.8 Å². The predicted molar refractivity (Wildman–Crippen MR) is 83.7 cm³/mol. The minimum atomic E-state index is -0.135. The lowest BCUT2D eigenvalue weighted by molar-refractivity contribution is 0.0755. The maximum Gasteiger partial charge on any atom is 0.273 e. The van der Waals surface area contributed by atoms with Gasteiger partial charge < -0.3 is 9.80 Å². The van der Waals surface area contributed by atoms with Gasteiger partial charge in [0, 0.05) is 25.6 Å². The summed E-state index contributed by atoms with van der Waals surface area (Å²) in [6.45, 7) is 5.79. The van der Waals surface area contributed by atoms with Gasteiger partial charge in [-0.3, -0.25) is 4.79 Å². The summed E-state index contributed by atoms with van der Waals surface area (Å²) in [4.78, 5) is 25.1. The fourth-order valence-corrected chi connectivity index (χ4v) is 2.77. The molecule has 0 bridgehead atoms. The lowest BCUT2D eigenvalue weighted by Gasteiger charge is -2.26. The number of likely N-dealkylation sites (N-methyl/N-ethyl adjacent to an activating group) is 2. The molecule has 1 aliphatic rings. The highest BCUT2D eigenvalue weighted by Crippen LogP contribution is 2.20. The first kappa shape index (κ1) is 16.2. The first-order valence-corrected chi connectivity index (χ1v) is 7.76. The maximum atomic E-state index is 12.6. The van der Waals surface area contributed by atoms with Gasteiger partial charge in [0.2, 0.25) is 0 Å². The van der Waals surface area contributed by atoms with E-state index in [1.165, 1.54) is 12.6 Å². The minimum absolute atomic E-state index is 0.135. The minimum Gasteiger partial charge on any atom is -0.339 e. The van der Waals surface area contributed by atoms with Crippen LogP contribution >= 0.6 is 11.6 Å². The Morgan fingerprint density at radius 1 is 1.57 bits per heavy atom. The van der Waals surface area contributed by atoms with Crippen LogP contribution < -0.4 is 0 Å². The van der Waals surface area contributed by atoms with Crippen molar-refractivity contribution < 1.29 is 4.79 Å². The third-order valence-corrected chi connectivity index (χ3v) is 4.26. The van der Waals surface area contributed by atoms with Gasteiger partial charge in [0.05, 0.1) is 11.2 Å². The lowest BCUT2D eigenvalue weighted by atomic mass is 10.2. The molecule has 0 aliphatic carbocycles. The molecule has 2 heterocycles. The molecule has 1 aromatic heterocycles. The molecule has 1 aromatic rings. The van der Waals surface area contributed by atoms with Crippen LogP contribution in [0.4, 0.5) is 0 Å². The normalized spacial score (nSPS) is 19.2. The van der Waals surface area contributed by atoms with Crippen LogP contribution in [0, 0.1) is 0 Å². The van der Waals surface area contributed by atoms with Crippen LogP contribution in [-0.4, -0.2) is 58.9 Å². The monoisotopic (exact) mass is 310 g/mol. The van der Waals surface area contributed by atoms with Crippen molar-refractivity contribution in [1.82, 2.24) is 19.8 Å². The number of carbonyl (C=O) groups is 1. The molecule has 0 saturated carbocycles. The quantitative estimate of drug-likeness (QED) is 0.857. The van der Waals surface area contributed by atoms with Crippen molar-refractivity contribution in [3.63, 3.8) is 0 Å². The van der Waals surface area contributed by atoms with E-state index in [0.29, 0.717) is 29.1 Å². The van der Waals surface area contributed by atoms with E-state index in [1.54, 1.807) is 4.90 Å². The van der Waals surface area contributed by atoms with Crippen LogP contribution in [-0.2, 0) is 0 Å². The van der Waals surface area contributed by atoms with Crippen LogP contribution in [0.15, 0.2) is 6.20 Å². The van der Waals surface area contributed by atoms with Crippen LogP contribution in [0.5, 0.6) is 0 Å². The second kappa shape index (κ2) is 6.71. The van der Waals surface area contributed by atoms with Crippen LogP contribution in [0.1, 0.15) is 48.9 Å². The number of rotatable bonds is 4. The zero-order valence-electron chi connectivity index (χ0n) is 13.1. The molecule has 0 N–H and O–H groups in total. The van der Waals surface area contributed by atoms with Crippen LogP contribution in [0.2, 0.25) is 5.02 Å². The summed E-state index contributed by atoms with van der Waals surface area (Å²) < 4.78 is 0. The highest BCUT2D eigenvalue weighted by atomic mass is 35.5. The lowest BCUT2D eigenvalue weighted by Crippen LogP contribution is -2.40. The molecular formula is C15H23ClN4O. The smallest absolute Gasteiger partial charge is 0.273 e. The Kier molecular flexibility index (Phi) is 5.17. The number of hydrogen-bond acceptors (Lipinski definition) is 4. The van der Waals surface area contributed by atoms with Crippen molar-refractivity contribution in [2.45, 2.75) is 38.6 Å². The molecule has 1 amide bonds. The molecule has 21 heavy (non-hydrogen) atoms. The Hall–Kier alpha value is -1.20. The van der Waals surface area contributed by atoms with Crippen molar-refractivity contribution in [3.8, 4) is 0 Å². The van der Waals surface area contributed by atoms with E-state index in [9.17, 15) is 4.79 Å². The van der Waals surface area contributed by atoms with Gasteiger partial charge in [-0.1, -0.05) is 25.4 Å². The molecule has 116 valence electrons. The molecule has 5 nitrogen and oxygen atoms in total.